The van der Waals surface area contributed by atoms with Crippen LogP contribution < -0.4 is 19.2 Å². The minimum Gasteiger partial charge on any atom is -0.894 e. The average Bonchev–Trinajstić information content (AvgIpc) is 1.27. The third kappa shape index (κ3) is 396. The maximum atomic E-state index is 8.58. The maximum absolute atomic E-state index is 8.58. The Morgan fingerprint density at radius 1 is 1.10 bits per heavy atom. The smallest absolute Gasteiger partial charge is 0.894 e. The molecule has 8 heteroatoms. The Balaban J connectivity index is -0.0000000326. The molecule has 0 aliphatic rings. The summed E-state index contributed by atoms with van der Waals surface area (Å²) >= 11 is 0. The minimum absolute atomic E-state index is 0. The van der Waals surface area contributed by atoms with Gasteiger partial charge in [-0.2, -0.15) is 0 Å². The van der Waals surface area contributed by atoms with Gasteiger partial charge in [-0.3, -0.25) is 0 Å². The molecule has 0 aliphatic carbocycles. The monoisotopic (exact) mass is 266 g/mol. The molecule has 0 aliphatic heterocycles. The quantitative estimate of drug-likeness (QED) is 0.442. The van der Waals surface area contributed by atoms with Crippen molar-refractivity contribution in [1.29, 1.82) is 0 Å². The summed E-state index contributed by atoms with van der Waals surface area (Å²) in [5.41, 5.74) is 0. The molecule has 0 rings (SSSR count). The van der Waals surface area contributed by atoms with Crippen LogP contribution in [0.4, 0.5) is 0 Å². The van der Waals surface area contributed by atoms with Crippen molar-refractivity contribution in [3.05, 3.63) is 0 Å². The van der Waals surface area contributed by atoms with Crippen LogP contribution in [0.25, 0.3) is 0 Å². The Hall–Kier alpha value is 1.26. The molecule has 0 amide bonds. The van der Waals surface area contributed by atoms with Crippen molar-refractivity contribution in [2.24, 2.45) is 0 Å². The molecule has 0 heterocycles. The Morgan fingerprint density at radius 3 is 1.10 bits per heavy atom. The van der Waals surface area contributed by atoms with Gasteiger partial charge in [-0.05, 0) is 6.92 Å². The molecular formula is C2H6O5SiZn2. The third-order valence-corrected chi connectivity index (χ3v) is 0. The molecular weight excluding hydrogens is 263 g/mol. The molecule has 0 fully saturated rings. The Labute approximate surface area is 85.7 Å². The Bertz CT molecular complexity index is 41.4. The van der Waals surface area contributed by atoms with Gasteiger partial charge in [0.1, 0.15) is 0 Å². The van der Waals surface area contributed by atoms with Gasteiger partial charge in [0.15, 0.2) is 0 Å². The van der Waals surface area contributed by atoms with Crippen LogP contribution in [-0.2, 0) is 39.0 Å². The molecule has 1 N–H and O–H groups in total. The van der Waals surface area contributed by atoms with Crippen molar-refractivity contribution < 1.29 is 63.2 Å². The first-order chi connectivity index (χ1) is 3.41. The maximum Gasteiger partial charge on any atom is 2.00 e. The topological polar surface area (TPSA) is 112 Å². The molecule has 52 valence electrons. The van der Waals surface area contributed by atoms with E-state index in [0.717, 1.165) is 0 Å². The van der Waals surface area contributed by atoms with Crippen molar-refractivity contribution in [2.75, 3.05) is 6.61 Å². The molecule has 0 aromatic rings. The van der Waals surface area contributed by atoms with Gasteiger partial charge in [-0.15, -0.1) is 0 Å². The molecule has 0 bridgehead atoms. The second kappa shape index (κ2) is 12.9. The molecule has 0 aromatic carbocycles. The van der Waals surface area contributed by atoms with Crippen LogP contribution in [-0.4, -0.2) is 20.8 Å². The van der Waals surface area contributed by atoms with Gasteiger partial charge in [0.2, 0.25) is 0 Å². The van der Waals surface area contributed by atoms with Crippen LogP contribution in [0.15, 0.2) is 0 Å². The van der Waals surface area contributed by atoms with Gasteiger partial charge in [0.05, 0.1) is 0 Å². The molecule has 0 atom stereocenters. The fourth-order valence-electron chi connectivity index (χ4n) is 0. The number of aliphatic hydroxyl groups is 1. The second-order valence-electron chi connectivity index (χ2n) is 0.816. The van der Waals surface area contributed by atoms with Crippen molar-refractivity contribution >= 4 is 9.05 Å². The number of rotatable bonds is 0. The van der Waals surface area contributed by atoms with Crippen LogP contribution in [0.3, 0.4) is 0 Å². The van der Waals surface area contributed by atoms with Crippen molar-refractivity contribution in [2.45, 2.75) is 6.92 Å². The molecule has 10 heavy (non-hydrogen) atoms. The van der Waals surface area contributed by atoms with E-state index in [-0.39, 0.29) is 45.6 Å². The molecule has 0 saturated heterocycles. The minimum atomic E-state index is -5.61. The van der Waals surface area contributed by atoms with E-state index in [1.807, 2.05) is 0 Å². The van der Waals surface area contributed by atoms with E-state index in [0.29, 0.717) is 0 Å². The second-order valence-corrected chi connectivity index (χ2v) is 1.82. The van der Waals surface area contributed by atoms with Gasteiger partial charge in [0.25, 0.3) is 0 Å². The number of hydrogen-bond acceptors (Lipinski definition) is 5. The van der Waals surface area contributed by atoms with E-state index < -0.39 is 9.05 Å². The Kier molecular flexibility index (Phi) is 29.0. The SMILES string of the molecule is CCO.[O-][Si]([O-])([O-])[O-].[Zn+2].[Zn+2]. The van der Waals surface area contributed by atoms with Gasteiger partial charge in [0, 0.05) is 6.61 Å². The standard InChI is InChI=1S/C2H6O.O4Si.2Zn/c1-2-3;1-5(2,3)4;;/h3H,2H2,1H3;;;/q;-4;2*+2. The van der Waals surface area contributed by atoms with Gasteiger partial charge in [-0.25, -0.2) is 0 Å². The fraction of sp³-hybridized carbons (Fsp3) is 1.00. The van der Waals surface area contributed by atoms with Crippen LogP contribution in [0.1, 0.15) is 6.92 Å². The molecule has 0 aromatic heterocycles. The molecule has 0 unspecified atom stereocenters. The predicted octanol–water partition coefficient (Wildman–Crippen LogP) is -5.14. The summed E-state index contributed by atoms with van der Waals surface area (Å²) in [6.45, 7) is 1.93. The van der Waals surface area contributed by atoms with Crippen LogP contribution in [0.5, 0.6) is 0 Å². The first kappa shape index (κ1) is 22.5. The van der Waals surface area contributed by atoms with E-state index in [9.17, 15) is 0 Å². The van der Waals surface area contributed by atoms with E-state index in [1.165, 1.54) is 0 Å². The average molecular weight is 269 g/mol. The summed E-state index contributed by atoms with van der Waals surface area (Å²) in [4.78, 5) is 34.3. The van der Waals surface area contributed by atoms with E-state index in [1.54, 1.807) is 6.92 Å². The van der Waals surface area contributed by atoms with E-state index in [2.05, 4.69) is 0 Å². The zero-order valence-electron chi connectivity index (χ0n) is 5.70. The fourth-order valence-corrected chi connectivity index (χ4v) is 0. The van der Waals surface area contributed by atoms with Crippen molar-refractivity contribution in [3.8, 4) is 0 Å². The summed E-state index contributed by atoms with van der Waals surface area (Å²) in [6.07, 6.45) is 0. The summed E-state index contributed by atoms with van der Waals surface area (Å²) < 4.78 is 0. The molecule has 5 nitrogen and oxygen atoms in total. The summed E-state index contributed by atoms with van der Waals surface area (Å²) in [5.74, 6) is 0. The molecule has 0 spiro atoms. The Morgan fingerprint density at radius 2 is 1.10 bits per heavy atom. The number of aliphatic hydroxyl groups excluding tert-OH is 1. The summed E-state index contributed by atoms with van der Waals surface area (Å²) in [7, 11) is -5.61. The molecule has 0 saturated carbocycles. The zero-order chi connectivity index (χ0) is 7.21. The normalized spacial score (nSPS) is 7.80. The van der Waals surface area contributed by atoms with Crippen LogP contribution >= 0.6 is 0 Å². The van der Waals surface area contributed by atoms with Gasteiger partial charge < -0.3 is 33.3 Å². The molecule has 0 radical (unpaired) electrons. The summed E-state index contributed by atoms with van der Waals surface area (Å²) in [5, 5.41) is 7.57. The largest absolute Gasteiger partial charge is 2.00 e. The van der Waals surface area contributed by atoms with Gasteiger partial charge >= 0.3 is 39.0 Å². The van der Waals surface area contributed by atoms with Crippen LogP contribution in [0.2, 0.25) is 0 Å². The zero-order valence-corrected chi connectivity index (χ0v) is 12.6. The van der Waals surface area contributed by atoms with E-state index in [4.69, 9.17) is 24.3 Å². The van der Waals surface area contributed by atoms with Crippen LogP contribution in [0, 0.1) is 0 Å². The van der Waals surface area contributed by atoms with E-state index >= 15 is 0 Å². The van der Waals surface area contributed by atoms with Crippen molar-refractivity contribution in [1.82, 2.24) is 0 Å². The first-order valence-electron chi connectivity index (χ1n) is 1.84. The summed E-state index contributed by atoms with van der Waals surface area (Å²) in [6, 6.07) is 0. The predicted molar refractivity (Wildman–Crippen MR) is 18.5 cm³/mol. The first-order valence-corrected chi connectivity index (χ1v) is 3.47. The van der Waals surface area contributed by atoms with Crippen molar-refractivity contribution in [3.63, 3.8) is 0 Å². The van der Waals surface area contributed by atoms with Gasteiger partial charge in [-0.1, -0.05) is 0 Å². The number of hydrogen-bond donors (Lipinski definition) is 1. The third-order valence-electron chi connectivity index (χ3n) is 0.